The fraction of sp³-hybridized carbons (Fsp3) is 0.455. The van der Waals surface area contributed by atoms with E-state index in [-0.39, 0.29) is 17.6 Å². The van der Waals surface area contributed by atoms with Gasteiger partial charge >= 0.3 is 5.97 Å². The normalized spacial score (nSPS) is 16.1. The fourth-order valence-electron chi connectivity index (χ4n) is 3.82. The number of hydrogen-bond acceptors (Lipinski definition) is 4. The van der Waals surface area contributed by atoms with Crippen molar-refractivity contribution in [3.8, 4) is 16.9 Å². The average Bonchev–Trinajstić information content (AvgIpc) is 2.63. The second-order valence-corrected chi connectivity index (χ2v) is 8.13. The van der Waals surface area contributed by atoms with Gasteiger partial charge in [-0.1, -0.05) is 26.0 Å². The monoisotopic (exact) mass is 386 g/mol. The second kappa shape index (κ2) is 7.78. The number of methoxy groups -OCH3 is 1. The number of pyridine rings is 1. The number of benzene rings is 1. The summed E-state index contributed by atoms with van der Waals surface area (Å²) in [6.45, 7) is 7.94. The van der Waals surface area contributed by atoms with Crippen LogP contribution < -0.4 is 9.64 Å². The predicted molar refractivity (Wildman–Crippen MR) is 107 cm³/mol. The van der Waals surface area contributed by atoms with E-state index in [0.29, 0.717) is 22.4 Å². The minimum absolute atomic E-state index is 0.125. The molecule has 0 saturated carbocycles. The molecule has 0 amide bonds. The van der Waals surface area contributed by atoms with Gasteiger partial charge in [0.2, 0.25) is 0 Å². The van der Waals surface area contributed by atoms with Gasteiger partial charge in [-0.15, -0.1) is 0 Å². The highest BCUT2D eigenvalue weighted by Crippen LogP contribution is 2.43. The van der Waals surface area contributed by atoms with E-state index in [0.717, 1.165) is 31.6 Å². The molecular formula is C22H27FN2O3. The number of nitrogens with zero attached hydrogens (tertiary/aromatic N) is 2. The molecule has 1 N–H and O–H groups in total. The van der Waals surface area contributed by atoms with Crippen LogP contribution in [0.5, 0.6) is 5.75 Å². The molecule has 5 nitrogen and oxygen atoms in total. The van der Waals surface area contributed by atoms with E-state index >= 15 is 0 Å². The highest BCUT2D eigenvalue weighted by molar-refractivity contribution is 5.86. The molecule has 1 aliphatic heterocycles. The van der Waals surface area contributed by atoms with E-state index in [1.165, 1.54) is 13.2 Å². The summed E-state index contributed by atoms with van der Waals surface area (Å²) in [6, 6.07) is 4.77. The van der Waals surface area contributed by atoms with Crippen LogP contribution in [0.25, 0.3) is 11.1 Å². The van der Waals surface area contributed by atoms with Crippen LogP contribution in [0.3, 0.4) is 0 Å². The third-order valence-corrected chi connectivity index (χ3v) is 5.59. The first-order valence-corrected chi connectivity index (χ1v) is 9.51. The molecule has 1 fully saturated rings. The van der Waals surface area contributed by atoms with Crippen molar-refractivity contribution in [3.63, 3.8) is 0 Å². The van der Waals surface area contributed by atoms with Crippen LogP contribution in [-0.4, -0.2) is 36.3 Å². The summed E-state index contributed by atoms with van der Waals surface area (Å²) in [7, 11) is 1.44. The van der Waals surface area contributed by atoms with Gasteiger partial charge < -0.3 is 14.7 Å². The Bertz CT molecular complexity index is 886. The van der Waals surface area contributed by atoms with Gasteiger partial charge in [-0.3, -0.25) is 9.78 Å². The molecular weight excluding hydrogens is 359 g/mol. The Morgan fingerprint density at radius 2 is 1.96 bits per heavy atom. The number of hydrogen-bond donors (Lipinski definition) is 1. The highest BCUT2D eigenvalue weighted by atomic mass is 19.1. The SMILES string of the molecule is COc1c(F)cccc1-c1cnc(C)c(CC(=O)O)c1N1CCC(C)(C)CC1. The lowest BCUT2D eigenvalue weighted by Gasteiger charge is -2.40. The summed E-state index contributed by atoms with van der Waals surface area (Å²) < 4.78 is 19.7. The molecule has 1 aliphatic rings. The Morgan fingerprint density at radius 1 is 1.29 bits per heavy atom. The molecule has 1 saturated heterocycles. The standard InChI is InChI=1S/C22H27FN2O3/c1-14-16(12-19(26)27)20(25-10-8-22(2,3)9-11-25)17(13-24-14)15-6-5-7-18(23)21(15)28-4/h5-7,13H,8-12H2,1-4H3,(H,26,27). The number of aliphatic carboxylic acids is 1. The Balaban J connectivity index is 2.21. The number of anilines is 1. The summed E-state index contributed by atoms with van der Waals surface area (Å²) in [4.78, 5) is 18.2. The van der Waals surface area contributed by atoms with Crippen LogP contribution in [0, 0.1) is 18.2 Å². The lowest BCUT2D eigenvalue weighted by molar-refractivity contribution is -0.136. The minimum atomic E-state index is -0.910. The zero-order valence-electron chi connectivity index (χ0n) is 16.9. The lowest BCUT2D eigenvalue weighted by Crippen LogP contribution is -2.38. The maximum absolute atomic E-state index is 14.3. The summed E-state index contributed by atoms with van der Waals surface area (Å²) in [5, 5.41) is 9.47. The summed E-state index contributed by atoms with van der Waals surface area (Å²) in [5.41, 5.74) is 3.73. The van der Waals surface area contributed by atoms with Gasteiger partial charge in [0, 0.05) is 41.7 Å². The maximum atomic E-state index is 14.3. The van der Waals surface area contributed by atoms with Gasteiger partial charge in [0.05, 0.1) is 19.2 Å². The number of aryl methyl sites for hydroxylation is 1. The molecule has 3 rings (SSSR count). The number of carboxylic acid groups (broad SMARTS) is 1. The summed E-state index contributed by atoms with van der Waals surface area (Å²) in [6.07, 6.45) is 3.58. The van der Waals surface area contributed by atoms with Gasteiger partial charge in [-0.25, -0.2) is 4.39 Å². The molecule has 0 bridgehead atoms. The summed E-state index contributed by atoms with van der Waals surface area (Å²) in [5.74, 6) is -1.22. The Hall–Kier alpha value is -2.63. The van der Waals surface area contributed by atoms with Gasteiger partial charge in [-0.05, 0) is 31.2 Å². The first-order valence-electron chi connectivity index (χ1n) is 9.51. The number of piperidine rings is 1. The maximum Gasteiger partial charge on any atom is 0.307 e. The second-order valence-electron chi connectivity index (χ2n) is 8.13. The largest absolute Gasteiger partial charge is 0.493 e. The van der Waals surface area contributed by atoms with E-state index in [9.17, 15) is 14.3 Å². The van der Waals surface area contributed by atoms with Crippen LogP contribution in [0.4, 0.5) is 10.1 Å². The molecule has 6 heteroatoms. The number of ether oxygens (including phenoxy) is 1. The molecule has 2 aromatic rings. The molecule has 0 atom stereocenters. The number of aromatic nitrogens is 1. The van der Waals surface area contributed by atoms with E-state index in [2.05, 4.69) is 23.7 Å². The Morgan fingerprint density at radius 3 is 2.57 bits per heavy atom. The van der Waals surface area contributed by atoms with Crippen molar-refractivity contribution in [2.24, 2.45) is 5.41 Å². The lowest BCUT2D eigenvalue weighted by atomic mass is 9.82. The van der Waals surface area contributed by atoms with Crippen molar-refractivity contribution in [2.75, 3.05) is 25.1 Å². The Labute approximate surface area is 165 Å². The van der Waals surface area contributed by atoms with Crippen LogP contribution >= 0.6 is 0 Å². The minimum Gasteiger partial charge on any atom is -0.493 e. The molecule has 1 aromatic carbocycles. The number of rotatable bonds is 5. The topological polar surface area (TPSA) is 62.7 Å². The van der Waals surface area contributed by atoms with Crippen molar-refractivity contribution >= 4 is 11.7 Å². The number of para-hydroxylation sites is 1. The average molecular weight is 386 g/mol. The number of carboxylic acids is 1. The van der Waals surface area contributed by atoms with Crippen LogP contribution in [-0.2, 0) is 11.2 Å². The van der Waals surface area contributed by atoms with E-state index in [4.69, 9.17) is 4.74 Å². The van der Waals surface area contributed by atoms with Crippen molar-refractivity contribution < 1.29 is 19.0 Å². The molecule has 1 aromatic heterocycles. The quantitative estimate of drug-likeness (QED) is 0.822. The van der Waals surface area contributed by atoms with Gasteiger partial charge in [0.15, 0.2) is 11.6 Å². The molecule has 0 radical (unpaired) electrons. The van der Waals surface area contributed by atoms with E-state index < -0.39 is 11.8 Å². The summed E-state index contributed by atoms with van der Waals surface area (Å²) >= 11 is 0. The molecule has 2 heterocycles. The zero-order chi connectivity index (χ0) is 20.5. The van der Waals surface area contributed by atoms with E-state index in [1.54, 1.807) is 18.3 Å². The Kier molecular flexibility index (Phi) is 5.59. The number of carbonyl (C=O) groups is 1. The third-order valence-electron chi connectivity index (χ3n) is 5.59. The highest BCUT2D eigenvalue weighted by Gasteiger charge is 2.30. The first kappa shape index (κ1) is 20.1. The van der Waals surface area contributed by atoms with Crippen molar-refractivity contribution in [2.45, 2.75) is 40.0 Å². The number of halogens is 1. The molecule has 28 heavy (non-hydrogen) atoms. The molecule has 150 valence electrons. The third kappa shape index (κ3) is 3.96. The van der Waals surface area contributed by atoms with Gasteiger partial charge in [0.1, 0.15) is 0 Å². The van der Waals surface area contributed by atoms with Gasteiger partial charge in [0.25, 0.3) is 0 Å². The van der Waals surface area contributed by atoms with Crippen LogP contribution in [0.15, 0.2) is 24.4 Å². The van der Waals surface area contributed by atoms with Crippen LogP contribution in [0.2, 0.25) is 0 Å². The smallest absolute Gasteiger partial charge is 0.307 e. The van der Waals surface area contributed by atoms with Gasteiger partial charge in [-0.2, -0.15) is 0 Å². The zero-order valence-corrected chi connectivity index (χ0v) is 16.9. The predicted octanol–water partition coefficient (Wildman–Crippen LogP) is 4.46. The van der Waals surface area contributed by atoms with Crippen molar-refractivity contribution in [1.29, 1.82) is 0 Å². The first-order chi connectivity index (χ1) is 13.2. The fourth-order valence-corrected chi connectivity index (χ4v) is 3.82. The molecule has 0 spiro atoms. The van der Waals surface area contributed by atoms with Crippen LogP contribution in [0.1, 0.15) is 37.9 Å². The molecule has 0 aliphatic carbocycles. The molecule has 0 unspecified atom stereocenters. The van der Waals surface area contributed by atoms with Crippen molar-refractivity contribution in [1.82, 2.24) is 4.98 Å². The van der Waals surface area contributed by atoms with E-state index in [1.807, 2.05) is 6.92 Å². The van der Waals surface area contributed by atoms with Crippen molar-refractivity contribution in [3.05, 3.63) is 41.5 Å².